The zero-order valence-electron chi connectivity index (χ0n) is 10.6. The molecule has 0 saturated carbocycles. The standard InChI is InChI=1S/C16H16O2/c1-12-4-3-5-14(10-12)11-13-6-8-15(9-7-13)16(17)18-2/h3-10H,11H2,1-2H3. The highest BCUT2D eigenvalue weighted by molar-refractivity contribution is 5.89. The molecule has 0 radical (unpaired) electrons. The van der Waals surface area contributed by atoms with Gasteiger partial charge >= 0.3 is 5.97 Å². The Morgan fingerprint density at radius 3 is 2.39 bits per heavy atom. The number of ether oxygens (including phenoxy) is 1. The fraction of sp³-hybridized carbons (Fsp3) is 0.188. The maximum atomic E-state index is 11.3. The summed E-state index contributed by atoms with van der Waals surface area (Å²) in [5, 5.41) is 0. The molecule has 2 rings (SSSR count). The van der Waals surface area contributed by atoms with Gasteiger partial charge in [-0.15, -0.1) is 0 Å². The van der Waals surface area contributed by atoms with Crippen LogP contribution in [0.1, 0.15) is 27.0 Å². The van der Waals surface area contributed by atoms with E-state index in [9.17, 15) is 4.79 Å². The predicted octanol–water partition coefficient (Wildman–Crippen LogP) is 3.37. The van der Waals surface area contributed by atoms with E-state index in [2.05, 4.69) is 35.9 Å². The first-order valence-electron chi connectivity index (χ1n) is 5.92. The summed E-state index contributed by atoms with van der Waals surface area (Å²) in [6, 6.07) is 16.0. The quantitative estimate of drug-likeness (QED) is 0.769. The number of carbonyl (C=O) groups excluding carboxylic acids is 1. The molecule has 0 amide bonds. The average molecular weight is 240 g/mol. The fourth-order valence-corrected chi connectivity index (χ4v) is 1.93. The van der Waals surface area contributed by atoms with Crippen molar-refractivity contribution < 1.29 is 9.53 Å². The summed E-state index contributed by atoms with van der Waals surface area (Å²) in [7, 11) is 1.39. The van der Waals surface area contributed by atoms with Gasteiger partial charge in [0.05, 0.1) is 12.7 Å². The monoisotopic (exact) mass is 240 g/mol. The van der Waals surface area contributed by atoms with Gasteiger partial charge in [-0.25, -0.2) is 4.79 Å². The molecule has 2 aromatic carbocycles. The molecular formula is C16H16O2. The van der Waals surface area contributed by atoms with E-state index < -0.39 is 0 Å². The molecule has 0 unspecified atom stereocenters. The Morgan fingerprint density at radius 2 is 1.78 bits per heavy atom. The van der Waals surface area contributed by atoms with E-state index >= 15 is 0 Å². The van der Waals surface area contributed by atoms with Crippen molar-refractivity contribution in [3.63, 3.8) is 0 Å². The van der Waals surface area contributed by atoms with Gasteiger partial charge in [0.15, 0.2) is 0 Å². The average Bonchev–Trinajstić information content (AvgIpc) is 2.39. The molecule has 0 bridgehead atoms. The van der Waals surface area contributed by atoms with Crippen molar-refractivity contribution >= 4 is 5.97 Å². The van der Waals surface area contributed by atoms with Crippen LogP contribution in [0.25, 0.3) is 0 Å². The van der Waals surface area contributed by atoms with Crippen LogP contribution in [0.15, 0.2) is 48.5 Å². The van der Waals surface area contributed by atoms with Gasteiger partial charge in [-0.3, -0.25) is 0 Å². The third-order valence-corrected chi connectivity index (χ3v) is 2.87. The Balaban J connectivity index is 2.13. The molecule has 0 atom stereocenters. The summed E-state index contributed by atoms with van der Waals surface area (Å²) in [5.41, 5.74) is 4.32. The van der Waals surface area contributed by atoms with E-state index in [-0.39, 0.29) is 5.97 Å². The largest absolute Gasteiger partial charge is 0.465 e. The van der Waals surface area contributed by atoms with Crippen LogP contribution in [0, 0.1) is 6.92 Å². The van der Waals surface area contributed by atoms with Crippen molar-refractivity contribution in [2.75, 3.05) is 7.11 Å². The second-order valence-corrected chi connectivity index (χ2v) is 4.35. The van der Waals surface area contributed by atoms with Crippen molar-refractivity contribution in [3.05, 3.63) is 70.8 Å². The minimum absolute atomic E-state index is 0.294. The van der Waals surface area contributed by atoms with Gasteiger partial charge in [-0.05, 0) is 36.6 Å². The number of hydrogen-bond donors (Lipinski definition) is 0. The number of benzene rings is 2. The lowest BCUT2D eigenvalue weighted by Gasteiger charge is -2.04. The molecule has 2 aromatic rings. The van der Waals surface area contributed by atoms with E-state index in [0.29, 0.717) is 5.56 Å². The second-order valence-electron chi connectivity index (χ2n) is 4.35. The molecule has 2 nitrogen and oxygen atoms in total. The summed E-state index contributed by atoms with van der Waals surface area (Å²) in [6.07, 6.45) is 0.878. The highest BCUT2D eigenvalue weighted by Crippen LogP contribution is 2.12. The SMILES string of the molecule is COC(=O)c1ccc(Cc2cccc(C)c2)cc1. The molecular weight excluding hydrogens is 224 g/mol. The molecule has 2 heteroatoms. The number of rotatable bonds is 3. The molecule has 0 aliphatic heterocycles. The maximum Gasteiger partial charge on any atom is 0.337 e. The summed E-state index contributed by atoms with van der Waals surface area (Å²) in [5.74, 6) is -0.294. The molecule has 0 N–H and O–H groups in total. The smallest absolute Gasteiger partial charge is 0.337 e. The summed E-state index contributed by atoms with van der Waals surface area (Å²) in [6.45, 7) is 2.09. The van der Waals surface area contributed by atoms with E-state index in [1.54, 1.807) is 12.1 Å². The van der Waals surface area contributed by atoms with Gasteiger partial charge in [0.2, 0.25) is 0 Å². The van der Waals surface area contributed by atoms with Crippen LogP contribution < -0.4 is 0 Å². The zero-order valence-corrected chi connectivity index (χ0v) is 10.6. The van der Waals surface area contributed by atoms with Crippen LogP contribution in [-0.4, -0.2) is 13.1 Å². The van der Waals surface area contributed by atoms with Gasteiger partial charge in [-0.1, -0.05) is 42.0 Å². The molecule has 0 spiro atoms. The van der Waals surface area contributed by atoms with Gasteiger partial charge < -0.3 is 4.74 Å². The lowest BCUT2D eigenvalue weighted by atomic mass is 10.0. The van der Waals surface area contributed by atoms with Gasteiger partial charge in [0.25, 0.3) is 0 Å². The Morgan fingerprint density at radius 1 is 1.06 bits per heavy atom. The Hall–Kier alpha value is -2.09. The van der Waals surface area contributed by atoms with Gasteiger partial charge in [0.1, 0.15) is 0 Å². The number of hydrogen-bond acceptors (Lipinski definition) is 2. The lowest BCUT2D eigenvalue weighted by molar-refractivity contribution is 0.0600. The van der Waals surface area contributed by atoms with Crippen LogP contribution in [0.5, 0.6) is 0 Å². The first-order chi connectivity index (χ1) is 8.69. The van der Waals surface area contributed by atoms with E-state index in [4.69, 9.17) is 0 Å². The highest BCUT2D eigenvalue weighted by Gasteiger charge is 2.04. The van der Waals surface area contributed by atoms with Crippen molar-refractivity contribution in [3.8, 4) is 0 Å². The minimum Gasteiger partial charge on any atom is -0.465 e. The van der Waals surface area contributed by atoms with Crippen LogP contribution >= 0.6 is 0 Å². The van der Waals surface area contributed by atoms with Crippen LogP contribution in [0.2, 0.25) is 0 Å². The summed E-state index contributed by atoms with van der Waals surface area (Å²) < 4.78 is 4.67. The molecule has 0 aromatic heterocycles. The lowest BCUT2D eigenvalue weighted by Crippen LogP contribution is -2.01. The second kappa shape index (κ2) is 5.50. The number of esters is 1. The summed E-state index contributed by atoms with van der Waals surface area (Å²) >= 11 is 0. The minimum atomic E-state index is -0.294. The third kappa shape index (κ3) is 2.98. The maximum absolute atomic E-state index is 11.3. The normalized spacial score (nSPS) is 10.1. The van der Waals surface area contributed by atoms with E-state index in [0.717, 1.165) is 6.42 Å². The van der Waals surface area contributed by atoms with Gasteiger partial charge in [-0.2, -0.15) is 0 Å². The molecule has 0 aliphatic rings. The first-order valence-corrected chi connectivity index (χ1v) is 5.92. The fourth-order valence-electron chi connectivity index (χ4n) is 1.93. The Bertz CT molecular complexity index is 541. The number of methoxy groups -OCH3 is 1. The molecule has 0 saturated heterocycles. The number of carbonyl (C=O) groups is 1. The Labute approximate surface area is 107 Å². The van der Waals surface area contributed by atoms with Gasteiger partial charge in [0, 0.05) is 0 Å². The molecule has 0 aliphatic carbocycles. The predicted molar refractivity (Wildman–Crippen MR) is 71.8 cm³/mol. The van der Waals surface area contributed by atoms with E-state index in [1.807, 2.05) is 12.1 Å². The Kier molecular flexibility index (Phi) is 3.78. The number of aryl methyl sites for hydroxylation is 1. The van der Waals surface area contributed by atoms with E-state index in [1.165, 1.54) is 23.8 Å². The molecule has 0 heterocycles. The third-order valence-electron chi connectivity index (χ3n) is 2.87. The van der Waals surface area contributed by atoms with Crippen molar-refractivity contribution in [1.82, 2.24) is 0 Å². The first kappa shape index (κ1) is 12.4. The van der Waals surface area contributed by atoms with Crippen LogP contribution in [0.3, 0.4) is 0 Å². The van der Waals surface area contributed by atoms with Crippen molar-refractivity contribution in [1.29, 1.82) is 0 Å². The van der Waals surface area contributed by atoms with Crippen LogP contribution in [-0.2, 0) is 11.2 Å². The molecule has 18 heavy (non-hydrogen) atoms. The topological polar surface area (TPSA) is 26.3 Å². The molecule has 0 fully saturated rings. The zero-order chi connectivity index (χ0) is 13.0. The van der Waals surface area contributed by atoms with Crippen LogP contribution in [0.4, 0.5) is 0 Å². The van der Waals surface area contributed by atoms with Crippen molar-refractivity contribution in [2.45, 2.75) is 13.3 Å². The van der Waals surface area contributed by atoms with Crippen molar-refractivity contribution in [2.24, 2.45) is 0 Å². The summed E-state index contributed by atoms with van der Waals surface area (Å²) in [4.78, 5) is 11.3. The molecule has 92 valence electrons. The highest BCUT2D eigenvalue weighted by atomic mass is 16.5.